The van der Waals surface area contributed by atoms with E-state index in [2.05, 4.69) is 15.3 Å². The summed E-state index contributed by atoms with van der Waals surface area (Å²) < 4.78 is 13.8. The highest BCUT2D eigenvalue weighted by Crippen LogP contribution is 2.21. The maximum atomic E-state index is 13.8. The van der Waals surface area contributed by atoms with Crippen molar-refractivity contribution in [1.29, 1.82) is 0 Å². The summed E-state index contributed by atoms with van der Waals surface area (Å²) in [5.41, 5.74) is 13.7. The first-order valence-corrected chi connectivity index (χ1v) is 8.01. The van der Waals surface area contributed by atoms with Crippen molar-refractivity contribution in [3.05, 3.63) is 72.2 Å². The molecule has 0 saturated heterocycles. The molecule has 1 amide bonds. The molecule has 0 aliphatic rings. The molecule has 0 unspecified atom stereocenters. The lowest BCUT2D eigenvalue weighted by Gasteiger charge is -2.17. The molecule has 0 saturated carbocycles. The van der Waals surface area contributed by atoms with Crippen molar-refractivity contribution in [1.82, 2.24) is 9.97 Å². The number of anilines is 2. The molecule has 132 valence electrons. The van der Waals surface area contributed by atoms with Gasteiger partial charge in [-0.1, -0.05) is 30.3 Å². The van der Waals surface area contributed by atoms with Gasteiger partial charge in [0.2, 0.25) is 11.9 Å². The van der Waals surface area contributed by atoms with Gasteiger partial charge < -0.3 is 16.8 Å². The molecule has 5 N–H and O–H groups in total. The molecule has 0 fully saturated rings. The maximum absolute atomic E-state index is 13.8. The first-order valence-electron chi connectivity index (χ1n) is 8.01. The van der Waals surface area contributed by atoms with Gasteiger partial charge in [-0.2, -0.15) is 0 Å². The predicted molar refractivity (Wildman–Crippen MR) is 98.6 cm³/mol. The van der Waals surface area contributed by atoms with Crippen LogP contribution in [0.3, 0.4) is 0 Å². The number of hydrogen-bond donors (Lipinski definition) is 3. The minimum atomic E-state index is -0.729. The summed E-state index contributed by atoms with van der Waals surface area (Å²) in [5.74, 6) is -0.721. The number of carbonyl (C=O) groups excluding carboxylic acids is 1. The predicted octanol–water partition coefficient (Wildman–Crippen LogP) is 2.37. The number of amides is 1. The second-order valence-electron chi connectivity index (χ2n) is 5.77. The monoisotopic (exact) mass is 351 g/mol. The zero-order chi connectivity index (χ0) is 18.5. The number of halogens is 1. The molecule has 6 nitrogen and oxygen atoms in total. The van der Waals surface area contributed by atoms with Crippen LogP contribution in [0.15, 0.2) is 60.8 Å². The van der Waals surface area contributed by atoms with E-state index in [1.807, 2.05) is 12.1 Å². The average molecular weight is 351 g/mol. The van der Waals surface area contributed by atoms with E-state index in [4.69, 9.17) is 11.5 Å². The highest BCUT2D eigenvalue weighted by Gasteiger charge is 2.17. The number of carbonyl (C=O) groups is 1. The highest BCUT2D eigenvalue weighted by molar-refractivity contribution is 5.83. The van der Waals surface area contributed by atoms with Crippen LogP contribution >= 0.6 is 0 Å². The number of benzene rings is 2. The Labute approximate surface area is 150 Å². The van der Waals surface area contributed by atoms with Crippen molar-refractivity contribution in [2.75, 3.05) is 11.1 Å². The van der Waals surface area contributed by atoms with E-state index in [1.54, 1.807) is 42.6 Å². The third-order valence-corrected chi connectivity index (χ3v) is 3.92. The highest BCUT2D eigenvalue weighted by atomic mass is 19.1. The lowest BCUT2D eigenvalue weighted by Crippen LogP contribution is -2.37. The van der Waals surface area contributed by atoms with Gasteiger partial charge in [0.25, 0.3) is 0 Å². The van der Waals surface area contributed by atoms with Gasteiger partial charge in [-0.05, 0) is 29.8 Å². The van der Waals surface area contributed by atoms with E-state index in [9.17, 15) is 9.18 Å². The van der Waals surface area contributed by atoms with Gasteiger partial charge in [-0.25, -0.2) is 14.4 Å². The van der Waals surface area contributed by atoms with Gasteiger partial charge in [-0.15, -0.1) is 0 Å². The van der Waals surface area contributed by atoms with Crippen LogP contribution in [-0.4, -0.2) is 21.9 Å². The third-order valence-electron chi connectivity index (χ3n) is 3.92. The fourth-order valence-electron chi connectivity index (χ4n) is 2.58. The molecule has 1 aromatic heterocycles. The maximum Gasteiger partial charge on any atom is 0.240 e. The minimum Gasteiger partial charge on any atom is -0.373 e. The Balaban J connectivity index is 1.75. The summed E-state index contributed by atoms with van der Waals surface area (Å²) in [6.07, 6.45) is 1.74. The molecule has 7 heteroatoms. The fourth-order valence-corrected chi connectivity index (χ4v) is 2.58. The van der Waals surface area contributed by atoms with Crippen molar-refractivity contribution >= 4 is 17.5 Å². The van der Waals surface area contributed by atoms with Crippen LogP contribution < -0.4 is 16.8 Å². The molecule has 0 aliphatic carbocycles. The standard InChI is InChI=1S/C19H18FN5O/c20-15-4-2-1-3-13(15)11-17(18(21)26)24-14-7-5-12(6-8-14)16-9-10-23-19(22)25-16/h1-10,17,24H,11H2,(H2,21,26)(H2,22,23,25)/t17-/m1/s1. The molecular formula is C19H18FN5O. The van der Waals surface area contributed by atoms with Crippen molar-refractivity contribution in [3.8, 4) is 11.3 Å². The van der Waals surface area contributed by atoms with E-state index < -0.39 is 11.9 Å². The largest absolute Gasteiger partial charge is 0.373 e. The fraction of sp³-hybridized carbons (Fsp3) is 0.105. The van der Waals surface area contributed by atoms with Gasteiger partial charge in [0, 0.05) is 23.9 Å². The second kappa shape index (κ2) is 7.60. The zero-order valence-corrected chi connectivity index (χ0v) is 13.9. The van der Waals surface area contributed by atoms with Gasteiger partial charge in [0.05, 0.1) is 5.69 Å². The Morgan fingerprint density at radius 2 is 1.85 bits per heavy atom. The van der Waals surface area contributed by atoms with E-state index >= 15 is 0 Å². The summed E-state index contributed by atoms with van der Waals surface area (Å²) in [6.45, 7) is 0. The number of primary amides is 1. The first-order chi connectivity index (χ1) is 12.5. The molecule has 0 aliphatic heterocycles. The Morgan fingerprint density at radius 3 is 2.50 bits per heavy atom. The summed E-state index contributed by atoms with van der Waals surface area (Å²) in [5, 5.41) is 3.05. The van der Waals surface area contributed by atoms with E-state index in [-0.39, 0.29) is 18.2 Å². The smallest absolute Gasteiger partial charge is 0.240 e. The molecule has 1 atom stereocenters. The summed E-state index contributed by atoms with van der Waals surface area (Å²) in [4.78, 5) is 19.8. The molecule has 0 bridgehead atoms. The minimum absolute atomic E-state index is 0.159. The molecule has 0 spiro atoms. The van der Waals surface area contributed by atoms with Crippen LogP contribution in [0.1, 0.15) is 5.56 Å². The molecular weight excluding hydrogens is 333 g/mol. The average Bonchev–Trinajstić information content (AvgIpc) is 2.63. The van der Waals surface area contributed by atoms with Crippen LogP contribution in [0, 0.1) is 5.82 Å². The summed E-state index contributed by atoms with van der Waals surface area (Å²) in [6, 6.07) is 14.6. The van der Waals surface area contributed by atoms with Crippen molar-refractivity contribution in [2.45, 2.75) is 12.5 Å². The van der Waals surface area contributed by atoms with Gasteiger partial charge >= 0.3 is 0 Å². The Hall–Kier alpha value is -3.48. The van der Waals surface area contributed by atoms with Crippen molar-refractivity contribution in [2.24, 2.45) is 5.73 Å². The van der Waals surface area contributed by atoms with Gasteiger partial charge in [0.15, 0.2) is 0 Å². The van der Waals surface area contributed by atoms with Crippen LogP contribution in [0.5, 0.6) is 0 Å². The van der Waals surface area contributed by atoms with Crippen molar-refractivity contribution < 1.29 is 9.18 Å². The molecule has 1 heterocycles. The normalized spacial score (nSPS) is 11.7. The second-order valence-corrected chi connectivity index (χ2v) is 5.77. The van der Waals surface area contributed by atoms with Crippen LogP contribution in [-0.2, 0) is 11.2 Å². The first kappa shape index (κ1) is 17.3. The number of aromatic nitrogens is 2. The Bertz CT molecular complexity index is 914. The Morgan fingerprint density at radius 1 is 1.12 bits per heavy atom. The van der Waals surface area contributed by atoms with E-state index in [0.717, 1.165) is 5.56 Å². The third kappa shape index (κ3) is 4.13. The van der Waals surface area contributed by atoms with Gasteiger partial charge in [0.1, 0.15) is 11.9 Å². The molecule has 2 aromatic carbocycles. The van der Waals surface area contributed by atoms with E-state index in [0.29, 0.717) is 16.9 Å². The lowest BCUT2D eigenvalue weighted by molar-refractivity contribution is -0.118. The number of rotatable bonds is 6. The van der Waals surface area contributed by atoms with Crippen LogP contribution in [0.4, 0.5) is 16.0 Å². The van der Waals surface area contributed by atoms with E-state index in [1.165, 1.54) is 6.07 Å². The lowest BCUT2D eigenvalue weighted by atomic mass is 10.0. The number of nitrogens with zero attached hydrogens (tertiary/aromatic N) is 2. The number of hydrogen-bond acceptors (Lipinski definition) is 5. The topological polar surface area (TPSA) is 107 Å². The number of nitrogen functional groups attached to an aromatic ring is 1. The molecule has 3 aromatic rings. The number of nitrogens with one attached hydrogen (secondary N) is 1. The molecule has 0 radical (unpaired) electrons. The molecule has 3 rings (SSSR count). The Kier molecular flexibility index (Phi) is 5.07. The molecule has 26 heavy (non-hydrogen) atoms. The van der Waals surface area contributed by atoms with Gasteiger partial charge in [-0.3, -0.25) is 4.79 Å². The SMILES string of the molecule is NC(=O)[C@@H](Cc1ccccc1F)Nc1ccc(-c2ccnc(N)n2)cc1. The zero-order valence-electron chi connectivity index (χ0n) is 13.9. The summed E-state index contributed by atoms with van der Waals surface area (Å²) in [7, 11) is 0. The quantitative estimate of drug-likeness (QED) is 0.632. The summed E-state index contributed by atoms with van der Waals surface area (Å²) >= 11 is 0. The number of nitrogens with two attached hydrogens (primary N) is 2. The van der Waals surface area contributed by atoms with Crippen LogP contribution in [0.25, 0.3) is 11.3 Å². The van der Waals surface area contributed by atoms with Crippen molar-refractivity contribution in [3.63, 3.8) is 0 Å². The van der Waals surface area contributed by atoms with Crippen LogP contribution in [0.2, 0.25) is 0 Å².